The third kappa shape index (κ3) is 4.61. The summed E-state index contributed by atoms with van der Waals surface area (Å²) in [6, 6.07) is 20.7. The lowest BCUT2D eigenvalue weighted by atomic mass is 10.1. The Kier molecular flexibility index (Phi) is 5.75. The molecule has 0 saturated heterocycles. The van der Waals surface area contributed by atoms with Crippen molar-refractivity contribution in [3.8, 4) is 22.8 Å². The van der Waals surface area contributed by atoms with E-state index in [-0.39, 0.29) is 11.6 Å². The van der Waals surface area contributed by atoms with E-state index in [2.05, 4.69) is 15.4 Å². The second-order valence-electron chi connectivity index (χ2n) is 6.93. The predicted octanol–water partition coefficient (Wildman–Crippen LogP) is 5.03. The Morgan fingerprint density at radius 3 is 2.48 bits per heavy atom. The van der Waals surface area contributed by atoms with Crippen LogP contribution >= 0.6 is 0 Å². The van der Waals surface area contributed by atoms with Crippen LogP contribution in [-0.2, 0) is 0 Å². The Balaban J connectivity index is 1.68. The molecule has 3 aromatic carbocycles. The van der Waals surface area contributed by atoms with Gasteiger partial charge in [0, 0.05) is 11.3 Å². The number of hydrogen-bond donors (Lipinski definition) is 1. The standard InChI is InChI=1S/C24H21FN4O2/c1-3-31-21-13-9-19(10-14-21)26-24(30)22-27-23(17-6-4-5-16(2)15-17)29(28-22)20-11-7-18(25)8-12-20/h4-15H,3H2,1-2H3,(H,26,30). The van der Waals surface area contributed by atoms with Gasteiger partial charge >= 0.3 is 0 Å². The van der Waals surface area contributed by atoms with Crippen LogP contribution in [0.1, 0.15) is 23.1 Å². The van der Waals surface area contributed by atoms with Gasteiger partial charge in [0.2, 0.25) is 5.82 Å². The van der Waals surface area contributed by atoms with Crippen LogP contribution in [0.5, 0.6) is 5.75 Å². The highest BCUT2D eigenvalue weighted by molar-refractivity contribution is 6.01. The molecule has 0 bridgehead atoms. The van der Waals surface area contributed by atoms with Crippen molar-refractivity contribution in [2.75, 3.05) is 11.9 Å². The smallest absolute Gasteiger partial charge is 0.295 e. The van der Waals surface area contributed by atoms with E-state index in [1.54, 1.807) is 41.1 Å². The van der Waals surface area contributed by atoms with Gasteiger partial charge in [0.05, 0.1) is 12.3 Å². The number of halogens is 1. The number of nitrogens with one attached hydrogen (secondary N) is 1. The van der Waals surface area contributed by atoms with Crippen LogP contribution in [0.25, 0.3) is 17.1 Å². The summed E-state index contributed by atoms with van der Waals surface area (Å²) in [6.07, 6.45) is 0. The van der Waals surface area contributed by atoms with Gasteiger partial charge in [-0.15, -0.1) is 5.10 Å². The van der Waals surface area contributed by atoms with Gasteiger partial charge in [0.25, 0.3) is 5.91 Å². The van der Waals surface area contributed by atoms with Gasteiger partial charge in [-0.3, -0.25) is 4.79 Å². The quantitative estimate of drug-likeness (QED) is 0.479. The maximum Gasteiger partial charge on any atom is 0.295 e. The normalized spacial score (nSPS) is 10.7. The minimum Gasteiger partial charge on any atom is -0.494 e. The largest absolute Gasteiger partial charge is 0.494 e. The van der Waals surface area contributed by atoms with Crippen molar-refractivity contribution in [3.63, 3.8) is 0 Å². The van der Waals surface area contributed by atoms with Crippen molar-refractivity contribution in [1.82, 2.24) is 14.8 Å². The maximum absolute atomic E-state index is 13.4. The third-order valence-corrected chi connectivity index (χ3v) is 4.58. The number of anilines is 1. The summed E-state index contributed by atoms with van der Waals surface area (Å²) in [6.45, 7) is 4.45. The van der Waals surface area contributed by atoms with E-state index in [0.717, 1.165) is 16.9 Å². The average molecular weight is 416 g/mol. The van der Waals surface area contributed by atoms with Gasteiger partial charge < -0.3 is 10.1 Å². The van der Waals surface area contributed by atoms with E-state index in [4.69, 9.17) is 4.74 Å². The van der Waals surface area contributed by atoms with Gasteiger partial charge in [-0.25, -0.2) is 14.1 Å². The minimum atomic E-state index is -0.445. The van der Waals surface area contributed by atoms with Gasteiger partial charge in [0.1, 0.15) is 11.6 Å². The molecule has 0 fully saturated rings. The van der Waals surface area contributed by atoms with Crippen molar-refractivity contribution in [2.24, 2.45) is 0 Å². The molecule has 1 amide bonds. The molecule has 0 radical (unpaired) electrons. The van der Waals surface area contributed by atoms with E-state index < -0.39 is 5.91 Å². The van der Waals surface area contributed by atoms with Gasteiger partial charge in [-0.1, -0.05) is 23.8 Å². The molecule has 0 spiro atoms. The summed E-state index contributed by atoms with van der Waals surface area (Å²) in [5.74, 6) is 0.427. The molecule has 7 heteroatoms. The monoisotopic (exact) mass is 416 g/mol. The molecule has 0 saturated carbocycles. The fourth-order valence-electron chi connectivity index (χ4n) is 3.13. The fraction of sp³-hybridized carbons (Fsp3) is 0.125. The summed E-state index contributed by atoms with van der Waals surface area (Å²) in [5.41, 5.74) is 3.05. The zero-order valence-electron chi connectivity index (χ0n) is 17.2. The molecule has 6 nitrogen and oxygen atoms in total. The Hall–Kier alpha value is -4.00. The van der Waals surface area contributed by atoms with Crippen molar-refractivity contribution in [1.29, 1.82) is 0 Å². The number of nitrogens with zero attached hydrogens (tertiary/aromatic N) is 3. The topological polar surface area (TPSA) is 69.0 Å². The molecule has 1 aromatic heterocycles. The van der Waals surface area contributed by atoms with E-state index in [1.807, 2.05) is 38.1 Å². The molecule has 0 aliphatic heterocycles. The summed E-state index contributed by atoms with van der Waals surface area (Å²) in [5, 5.41) is 7.20. The second kappa shape index (κ2) is 8.79. The molecule has 4 rings (SSSR count). The van der Waals surface area contributed by atoms with Gasteiger partial charge in [0.15, 0.2) is 5.82 Å². The molecular formula is C24H21FN4O2. The van der Waals surface area contributed by atoms with Crippen LogP contribution in [0.3, 0.4) is 0 Å². The molecule has 4 aromatic rings. The van der Waals surface area contributed by atoms with Gasteiger partial charge in [-0.2, -0.15) is 0 Å². The highest BCUT2D eigenvalue weighted by atomic mass is 19.1. The maximum atomic E-state index is 13.4. The molecule has 1 heterocycles. The van der Waals surface area contributed by atoms with Crippen molar-refractivity contribution in [2.45, 2.75) is 13.8 Å². The van der Waals surface area contributed by atoms with Crippen molar-refractivity contribution < 1.29 is 13.9 Å². The summed E-state index contributed by atoms with van der Waals surface area (Å²) in [4.78, 5) is 17.3. The van der Waals surface area contributed by atoms with E-state index in [0.29, 0.717) is 23.8 Å². The fourth-order valence-corrected chi connectivity index (χ4v) is 3.13. The first-order valence-corrected chi connectivity index (χ1v) is 9.88. The Morgan fingerprint density at radius 2 is 1.81 bits per heavy atom. The first-order chi connectivity index (χ1) is 15.0. The van der Waals surface area contributed by atoms with E-state index in [1.165, 1.54) is 12.1 Å². The lowest BCUT2D eigenvalue weighted by molar-refractivity contribution is 0.101. The van der Waals surface area contributed by atoms with Crippen LogP contribution in [0.15, 0.2) is 72.8 Å². The molecule has 0 aliphatic rings. The Morgan fingerprint density at radius 1 is 1.06 bits per heavy atom. The predicted molar refractivity (Wildman–Crippen MR) is 117 cm³/mol. The number of carbonyl (C=O) groups excluding carboxylic acids is 1. The van der Waals surface area contributed by atoms with Crippen LogP contribution < -0.4 is 10.1 Å². The number of aromatic nitrogens is 3. The molecule has 156 valence electrons. The first kappa shape index (κ1) is 20.3. The van der Waals surface area contributed by atoms with Crippen molar-refractivity contribution >= 4 is 11.6 Å². The Bertz CT molecular complexity index is 1200. The molecular weight excluding hydrogens is 395 g/mol. The number of hydrogen-bond acceptors (Lipinski definition) is 4. The lowest BCUT2D eigenvalue weighted by Crippen LogP contribution is -2.14. The molecule has 0 atom stereocenters. The lowest BCUT2D eigenvalue weighted by Gasteiger charge is -2.06. The molecule has 0 aliphatic carbocycles. The summed E-state index contributed by atoms with van der Waals surface area (Å²) in [7, 11) is 0. The van der Waals surface area contributed by atoms with E-state index >= 15 is 0 Å². The number of carbonyl (C=O) groups is 1. The SMILES string of the molecule is CCOc1ccc(NC(=O)c2nc(-c3cccc(C)c3)n(-c3ccc(F)cc3)n2)cc1. The average Bonchev–Trinajstić information content (AvgIpc) is 3.22. The third-order valence-electron chi connectivity index (χ3n) is 4.58. The van der Waals surface area contributed by atoms with Crippen molar-refractivity contribution in [3.05, 3.63) is 90.0 Å². The number of rotatable bonds is 6. The molecule has 31 heavy (non-hydrogen) atoms. The van der Waals surface area contributed by atoms with Crippen LogP contribution in [0, 0.1) is 12.7 Å². The van der Waals surface area contributed by atoms with E-state index in [9.17, 15) is 9.18 Å². The molecule has 0 unspecified atom stereocenters. The number of benzene rings is 3. The zero-order chi connectivity index (χ0) is 21.8. The van der Waals surface area contributed by atoms with Crippen LogP contribution in [-0.4, -0.2) is 27.3 Å². The van der Waals surface area contributed by atoms with Crippen LogP contribution in [0.2, 0.25) is 0 Å². The highest BCUT2D eigenvalue weighted by Gasteiger charge is 2.19. The number of aryl methyl sites for hydroxylation is 1. The number of ether oxygens (including phenoxy) is 1. The molecule has 1 N–H and O–H groups in total. The highest BCUT2D eigenvalue weighted by Crippen LogP contribution is 2.23. The zero-order valence-corrected chi connectivity index (χ0v) is 17.2. The minimum absolute atomic E-state index is 0.00900. The second-order valence-corrected chi connectivity index (χ2v) is 6.93. The first-order valence-electron chi connectivity index (χ1n) is 9.88. The van der Waals surface area contributed by atoms with Gasteiger partial charge in [-0.05, 0) is 68.4 Å². The number of amides is 1. The van der Waals surface area contributed by atoms with Crippen LogP contribution in [0.4, 0.5) is 10.1 Å². The Labute approximate surface area is 179 Å². The summed E-state index contributed by atoms with van der Waals surface area (Å²) < 4.78 is 20.4. The summed E-state index contributed by atoms with van der Waals surface area (Å²) >= 11 is 0.